The molecule has 35 heavy (non-hydrogen) atoms. The van der Waals surface area contributed by atoms with Gasteiger partial charge in [-0.15, -0.1) is 0 Å². The molecule has 0 spiro atoms. The van der Waals surface area contributed by atoms with Gasteiger partial charge >= 0.3 is 0 Å². The van der Waals surface area contributed by atoms with Crippen molar-refractivity contribution in [2.45, 2.75) is 19.9 Å². The van der Waals surface area contributed by atoms with Crippen LogP contribution in [0.1, 0.15) is 29.7 Å². The number of amides is 1. The topological polar surface area (TPSA) is 85.3 Å². The van der Waals surface area contributed by atoms with E-state index in [0.717, 1.165) is 5.56 Å². The van der Waals surface area contributed by atoms with Crippen molar-refractivity contribution in [1.82, 2.24) is 0 Å². The number of carbonyl (C=O) groups excluding carboxylic acids is 2. The molecule has 1 amide bonds. The second kappa shape index (κ2) is 9.93. The van der Waals surface area contributed by atoms with E-state index in [1.807, 2.05) is 38.1 Å². The molecule has 1 fully saturated rings. The van der Waals surface area contributed by atoms with Crippen LogP contribution in [0.3, 0.4) is 0 Å². The van der Waals surface area contributed by atoms with Gasteiger partial charge in [0.15, 0.2) is 0 Å². The van der Waals surface area contributed by atoms with Gasteiger partial charge in [-0.3, -0.25) is 14.5 Å². The first-order valence-corrected chi connectivity index (χ1v) is 11.2. The first-order valence-electron chi connectivity index (χ1n) is 11.2. The van der Waals surface area contributed by atoms with Gasteiger partial charge in [0.25, 0.3) is 11.7 Å². The van der Waals surface area contributed by atoms with Gasteiger partial charge in [-0.25, -0.2) is 0 Å². The van der Waals surface area contributed by atoms with Crippen molar-refractivity contribution in [1.29, 1.82) is 0 Å². The Labute approximate surface area is 204 Å². The fourth-order valence-electron chi connectivity index (χ4n) is 4.36. The van der Waals surface area contributed by atoms with Crippen molar-refractivity contribution in [2.24, 2.45) is 0 Å². The summed E-state index contributed by atoms with van der Waals surface area (Å²) in [6.45, 7) is 4.25. The van der Waals surface area contributed by atoms with Crippen molar-refractivity contribution in [3.8, 4) is 17.2 Å². The molecule has 0 aromatic heterocycles. The summed E-state index contributed by atoms with van der Waals surface area (Å²) in [5.74, 6) is -0.720. The molecule has 180 valence electrons. The molecule has 7 nitrogen and oxygen atoms in total. The lowest BCUT2D eigenvalue weighted by Crippen LogP contribution is -2.29. The summed E-state index contributed by atoms with van der Waals surface area (Å²) in [4.78, 5) is 28.3. The van der Waals surface area contributed by atoms with Crippen LogP contribution in [0.5, 0.6) is 17.2 Å². The minimum atomic E-state index is -0.874. The Hall–Kier alpha value is -4.26. The van der Waals surface area contributed by atoms with Crippen LogP contribution in [0.4, 0.5) is 5.69 Å². The van der Waals surface area contributed by atoms with Crippen molar-refractivity contribution in [3.05, 3.63) is 89.0 Å². The SMILES string of the molecule is CCOc1cccc(N2C(=O)C(=O)/C(=C(/O)c3c(OC)cccc3OC)C2c2cccc(C)c2)c1. The third-order valence-electron chi connectivity index (χ3n) is 5.87. The summed E-state index contributed by atoms with van der Waals surface area (Å²) < 4.78 is 16.5. The Morgan fingerprint density at radius 2 is 1.60 bits per heavy atom. The Balaban J connectivity index is 2.00. The largest absolute Gasteiger partial charge is 0.506 e. The lowest BCUT2D eigenvalue weighted by Gasteiger charge is -2.26. The Bertz CT molecular complexity index is 1290. The molecule has 1 N–H and O–H groups in total. The van der Waals surface area contributed by atoms with E-state index in [1.54, 1.807) is 42.5 Å². The van der Waals surface area contributed by atoms with E-state index in [9.17, 15) is 14.7 Å². The van der Waals surface area contributed by atoms with Crippen molar-refractivity contribution in [2.75, 3.05) is 25.7 Å². The molecule has 3 aromatic rings. The van der Waals surface area contributed by atoms with E-state index >= 15 is 0 Å². The standard InChI is InChI=1S/C28H27NO6/c1-5-35-20-12-7-11-19(16-20)29-25(18-10-6-9-17(2)15-18)24(27(31)28(29)32)26(30)23-21(33-3)13-8-14-22(23)34-4/h6-16,25,30H,5H2,1-4H3/b26-24+. The number of hydrogen-bond donors (Lipinski definition) is 1. The van der Waals surface area contributed by atoms with Crippen molar-refractivity contribution >= 4 is 23.1 Å². The van der Waals surface area contributed by atoms with E-state index < -0.39 is 17.7 Å². The summed E-state index contributed by atoms with van der Waals surface area (Å²) in [5, 5.41) is 11.5. The number of anilines is 1. The molecule has 0 radical (unpaired) electrons. The zero-order valence-corrected chi connectivity index (χ0v) is 20.1. The van der Waals surface area contributed by atoms with Crippen LogP contribution in [0.25, 0.3) is 5.76 Å². The number of hydrogen-bond acceptors (Lipinski definition) is 6. The average molecular weight is 474 g/mol. The van der Waals surface area contributed by atoms with Gasteiger partial charge in [-0.05, 0) is 43.7 Å². The van der Waals surface area contributed by atoms with Gasteiger partial charge in [0, 0.05) is 11.8 Å². The van der Waals surface area contributed by atoms with Crippen LogP contribution in [-0.2, 0) is 9.59 Å². The quantitative estimate of drug-likeness (QED) is 0.294. The Morgan fingerprint density at radius 1 is 0.943 bits per heavy atom. The maximum atomic E-state index is 13.5. The Morgan fingerprint density at radius 3 is 2.23 bits per heavy atom. The van der Waals surface area contributed by atoms with E-state index in [1.165, 1.54) is 19.1 Å². The van der Waals surface area contributed by atoms with Gasteiger partial charge < -0.3 is 19.3 Å². The number of ketones is 1. The highest BCUT2D eigenvalue weighted by molar-refractivity contribution is 6.51. The molecule has 0 bridgehead atoms. The molecule has 1 atom stereocenters. The molecule has 3 aromatic carbocycles. The molecule has 1 unspecified atom stereocenters. The summed E-state index contributed by atoms with van der Waals surface area (Å²) in [6, 6.07) is 18.6. The van der Waals surface area contributed by atoms with Gasteiger partial charge in [-0.1, -0.05) is 42.0 Å². The van der Waals surface area contributed by atoms with Crippen LogP contribution in [0, 0.1) is 6.92 Å². The molecule has 4 rings (SSSR count). The second-order valence-corrected chi connectivity index (χ2v) is 8.05. The molecule has 0 aliphatic carbocycles. The van der Waals surface area contributed by atoms with E-state index in [4.69, 9.17) is 14.2 Å². The molecular formula is C28H27NO6. The van der Waals surface area contributed by atoms with E-state index in [2.05, 4.69) is 0 Å². The molecule has 1 aliphatic rings. The third kappa shape index (κ3) is 4.33. The molecular weight excluding hydrogens is 446 g/mol. The number of Topliss-reactive ketones (excluding diaryl/α,β-unsaturated/α-hetero) is 1. The van der Waals surface area contributed by atoms with Crippen LogP contribution in [0.2, 0.25) is 0 Å². The number of methoxy groups -OCH3 is 2. The number of aryl methyl sites for hydroxylation is 1. The highest BCUT2D eigenvalue weighted by atomic mass is 16.5. The number of benzene rings is 3. The lowest BCUT2D eigenvalue weighted by atomic mass is 9.93. The van der Waals surface area contributed by atoms with Gasteiger partial charge in [0.05, 0.1) is 32.4 Å². The normalized spacial score (nSPS) is 16.9. The fraction of sp³-hybridized carbons (Fsp3) is 0.214. The maximum Gasteiger partial charge on any atom is 0.300 e. The zero-order valence-electron chi connectivity index (χ0n) is 20.1. The third-order valence-corrected chi connectivity index (χ3v) is 5.87. The predicted octanol–water partition coefficient (Wildman–Crippen LogP) is 5.04. The number of aliphatic hydroxyl groups is 1. The van der Waals surface area contributed by atoms with Gasteiger partial charge in [0.1, 0.15) is 28.6 Å². The minimum Gasteiger partial charge on any atom is -0.506 e. The molecule has 7 heteroatoms. The molecule has 1 saturated heterocycles. The van der Waals surface area contributed by atoms with Crippen LogP contribution in [-0.4, -0.2) is 37.6 Å². The smallest absolute Gasteiger partial charge is 0.300 e. The number of carbonyl (C=O) groups is 2. The van der Waals surface area contributed by atoms with Crippen molar-refractivity contribution < 1.29 is 28.9 Å². The molecule has 1 heterocycles. The van der Waals surface area contributed by atoms with Gasteiger partial charge in [-0.2, -0.15) is 0 Å². The monoisotopic (exact) mass is 473 g/mol. The van der Waals surface area contributed by atoms with Gasteiger partial charge in [0.2, 0.25) is 0 Å². The van der Waals surface area contributed by atoms with Crippen LogP contribution in [0.15, 0.2) is 72.3 Å². The fourth-order valence-corrected chi connectivity index (χ4v) is 4.36. The summed E-state index contributed by atoms with van der Waals surface area (Å²) >= 11 is 0. The Kier molecular flexibility index (Phi) is 6.78. The summed E-state index contributed by atoms with van der Waals surface area (Å²) in [7, 11) is 2.92. The number of rotatable bonds is 7. The first-order chi connectivity index (χ1) is 16.9. The minimum absolute atomic E-state index is 0.0507. The van der Waals surface area contributed by atoms with Crippen LogP contribution >= 0.6 is 0 Å². The summed E-state index contributed by atoms with van der Waals surface area (Å²) in [6.07, 6.45) is 0. The summed E-state index contributed by atoms with van der Waals surface area (Å²) in [5.41, 5.74) is 2.27. The second-order valence-electron chi connectivity index (χ2n) is 8.05. The highest BCUT2D eigenvalue weighted by Crippen LogP contribution is 2.45. The molecule has 0 saturated carbocycles. The highest BCUT2D eigenvalue weighted by Gasteiger charge is 2.47. The van der Waals surface area contributed by atoms with Crippen molar-refractivity contribution in [3.63, 3.8) is 0 Å². The number of nitrogens with zero attached hydrogens (tertiary/aromatic N) is 1. The first kappa shape index (κ1) is 23.9. The maximum absolute atomic E-state index is 13.5. The number of aliphatic hydroxyl groups excluding tert-OH is 1. The average Bonchev–Trinajstić information content (AvgIpc) is 3.13. The zero-order chi connectivity index (χ0) is 25.1. The molecule has 1 aliphatic heterocycles. The van der Waals surface area contributed by atoms with E-state index in [-0.39, 0.29) is 16.9 Å². The van der Waals surface area contributed by atoms with Crippen LogP contribution < -0.4 is 19.1 Å². The lowest BCUT2D eigenvalue weighted by molar-refractivity contribution is -0.132. The van der Waals surface area contributed by atoms with E-state index in [0.29, 0.717) is 35.1 Å². The predicted molar refractivity (Wildman–Crippen MR) is 133 cm³/mol. The number of ether oxygens (including phenoxy) is 3.